The summed E-state index contributed by atoms with van der Waals surface area (Å²) < 4.78 is 5.49. The van der Waals surface area contributed by atoms with Gasteiger partial charge in [0.25, 0.3) is 0 Å². The minimum absolute atomic E-state index is 0.00320. The number of aryl methyl sites for hydroxylation is 1. The molecular formula is C12H12N2O2. The van der Waals surface area contributed by atoms with Gasteiger partial charge in [-0.2, -0.15) is 0 Å². The average molecular weight is 216 g/mol. The van der Waals surface area contributed by atoms with Crippen molar-refractivity contribution in [1.29, 1.82) is 0 Å². The van der Waals surface area contributed by atoms with E-state index in [2.05, 4.69) is 9.97 Å². The molecule has 0 atom stereocenters. The van der Waals surface area contributed by atoms with Gasteiger partial charge in [-0.05, 0) is 24.6 Å². The molecule has 82 valence electrons. The summed E-state index contributed by atoms with van der Waals surface area (Å²) in [6, 6.07) is 7.22. The van der Waals surface area contributed by atoms with Gasteiger partial charge in [-0.3, -0.25) is 4.98 Å². The van der Waals surface area contributed by atoms with E-state index in [-0.39, 0.29) is 6.61 Å². The number of aromatic nitrogens is 2. The molecule has 1 aromatic heterocycles. The Labute approximate surface area is 93.6 Å². The van der Waals surface area contributed by atoms with E-state index >= 15 is 0 Å². The van der Waals surface area contributed by atoms with Crippen LogP contribution in [0.25, 0.3) is 0 Å². The highest BCUT2D eigenvalue weighted by molar-refractivity contribution is 5.30. The lowest BCUT2D eigenvalue weighted by molar-refractivity contribution is 0.281. The summed E-state index contributed by atoms with van der Waals surface area (Å²) in [5.41, 5.74) is 1.65. The van der Waals surface area contributed by atoms with Crippen LogP contribution in [0.2, 0.25) is 0 Å². The maximum Gasteiger partial charge on any atom is 0.237 e. The first-order valence-corrected chi connectivity index (χ1v) is 4.94. The number of hydrogen-bond acceptors (Lipinski definition) is 4. The van der Waals surface area contributed by atoms with Gasteiger partial charge in [0.1, 0.15) is 5.75 Å². The monoisotopic (exact) mass is 216 g/mol. The smallest absolute Gasteiger partial charge is 0.237 e. The molecule has 0 aliphatic rings. The van der Waals surface area contributed by atoms with Gasteiger partial charge in [0.15, 0.2) is 0 Å². The van der Waals surface area contributed by atoms with Crippen LogP contribution in [0.15, 0.2) is 36.7 Å². The highest BCUT2D eigenvalue weighted by Crippen LogP contribution is 2.19. The Hall–Kier alpha value is -1.94. The molecule has 1 heterocycles. The zero-order valence-electron chi connectivity index (χ0n) is 8.92. The number of hydrogen-bond donors (Lipinski definition) is 1. The minimum Gasteiger partial charge on any atom is -0.437 e. The zero-order chi connectivity index (χ0) is 11.4. The lowest BCUT2D eigenvalue weighted by Crippen LogP contribution is -1.91. The number of benzene rings is 1. The molecule has 0 bridgehead atoms. The summed E-state index contributed by atoms with van der Waals surface area (Å²) in [4.78, 5) is 8.16. The van der Waals surface area contributed by atoms with Crippen molar-refractivity contribution in [2.24, 2.45) is 0 Å². The van der Waals surface area contributed by atoms with Gasteiger partial charge >= 0.3 is 0 Å². The molecule has 0 aliphatic carbocycles. The Morgan fingerprint density at radius 3 is 2.81 bits per heavy atom. The third-order valence-electron chi connectivity index (χ3n) is 2.06. The maximum atomic E-state index is 8.98. The van der Waals surface area contributed by atoms with Crippen LogP contribution < -0.4 is 4.74 Å². The number of nitrogens with zero attached hydrogens (tertiary/aromatic N) is 2. The van der Waals surface area contributed by atoms with Gasteiger partial charge in [-0.1, -0.05) is 12.1 Å². The number of aliphatic hydroxyl groups is 1. The van der Waals surface area contributed by atoms with Crippen LogP contribution in [0.5, 0.6) is 11.6 Å². The van der Waals surface area contributed by atoms with Crippen LogP contribution in [-0.4, -0.2) is 15.1 Å². The van der Waals surface area contributed by atoms with Crippen molar-refractivity contribution in [2.45, 2.75) is 13.5 Å². The fourth-order valence-electron chi connectivity index (χ4n) is 1.26. The van der Waals surface area contributed by atoms with Crippen molar-refractivity contribution < 1.29 is 9.84 Å². The van der Waals surface area contributed by atoms with Crippen molar-refractivity contribution in [3.05, 3.63) is 47.9 Å². The third-order valence-corrected chi connectivity index (χ3v) is 2.06. The number of rotatable bonds is 3. The first-order valence-electron chi connectivity index (χ1n) is 4.94. The third kappa shape index (κ3) is 2.55. The van der Waals surface area contributed by atoms with Gasteiger partial charge in [-0.25, -0.2) is 4.98 Å². The second kappa shape index (κ2) is 4.72. The summed E-state index contributed by atoms with van der Waals surface area (Å²) in [6.07, 6.45) is 3.21. The number of aliphatic hydroxyl groups excluding tert-OH is 1. The topological polar surface area (TPSA) is 55.2 Å². The van der Waals surface area contributed by atoms with E-state index in [9.17, 15) is 0 Å². The molecule has 0 fully saturated rings. The largest absolute Gasteiger partial charge is 0.437 e. The molecule has 0 spiro atoms. The van der Waals surface area contributed by atoms with Crippen molar-refractivity contribution in [2.75, 3.05) is 0 Å². The highest BCUT2D eigenvalue weighted by atomic mass is 16.5. The molecule has 16 heavy (non-hydrogen) atoms. The Morgan fingerprint density at radius 2 is 2.12 bits per heavy atom. The van der Waals surface area contributed by atoms with Crippen LogP contribution >= 0.6 is 0 Å². The average Bonchev–Trinajstić information content (AvgIpc) is 2.32. The summed E-state index contributed by atoms with van der Waals surface area (Å²) in [6.45, 7) is 1.86. The second-order valence-electron chi connectivity index (χ2n) is 3.40. The van der Waals surface area contributed by atoms with E-state index in [0.29, 0.717) is 11.6 Å². The molecule has 4 heteroatoms. The van der Waals surface area contributed by atoms with Gasteiger partial charge in [-0.15, -0.1) is 0 Å². The van der Waals surface area contributed by atoms with Crippen molar-refractivity contribution in [1.82, 2.24) is 9.97 Å². The van der Waals surface area contributed by atoms with Crippen molar-refractivity contribution in [3.8, 4) is 11.6 Å². The van der Waals surface area contributed by atoms with Gasteiger partial charge in [0.2, 0.25) is 5.88 Å². The SMILES string of the molecule is Cc1cnc(Oc2cccc(CO)c2)cn1. The van der Waals surface area contributed by atoms with Gasteiger partial charge in [0, 0.05) is 0 Å². The Morgan fingerprint density at radius 1 is 1.25 bits per heavy atom. The molecule has 1 aromatic carbocycles. The molecule has 0 radical (unpaired) electrons. The first-order chi connectivity index (χ1) is 7.78. The molecule has 2 aromatic rings. The molecule has 1 N–H and O–H groups in total. The minimum atomic E-state index is -0.00320. The molecule has 0 saturated carbocycles. The summed E-state index contributed by atoms with van der Waals surface area (Å²) in [5, 5.41) is 8.98. The Kier molecular flexibility index (Phi) is 3.12. The predicted molar refractivity (Wildman–Crippen MR) is 59.2 cm³/mol. The van der Waals surface area contributed by atoms with E-state index in [1.165, 1.54) is 0 Å². The molecule has 0 aliphatic heterocycles. The Bertz CT molecular complexity index is 469. The van der Waals surface area contributed by atoms with E-state index in [4.69, 9.17) is 9.84 Å². The van der Waals surface area contributed by atoms with E-state index in [0.717, 1.165) is 11.3 Å². The van der Waals surface area contributed by atoms with Gasteiger partial charge < -0.3 is 9.84 Å². The second-order valence-corrected chi connectivity index (χ2v) is 3.40. The maximum absolute atomic E-state index is 8.98. The lowest BCUT2D eigenvalue weighted by atomic mass is 10.2. The quantitative estimate of drug-likeness (QED) is 0.853. The highest BCUT2D eigenvalue weighted by Gasteiger charge is 1.99. The number of ether oxygens (including phenoxy) is 1. The zero-order valence-corrected chi connectivity index (χ0v) is 8.92. The van der Waals surface area contributed by atoms with Crippen molar-refractivity contribution >= 4 is 0 Å². The standard InChI is InChI=1S/C12H12N2O2/c1-9-6-14-12(7-13-9)16-11-4-2-3-10(5-11)8-15/h2-7,15H,8H2,1H3. The van der Waals surface area contributed by atoms with Crippen LogP contribution in [0, 0.1) is 6.92 Å². The van der Waals surface area contributed by atoms with Crippen LogP contribution in [0.1, 0.15) is 11.3 Å². The normalized spacial score (nSPS) is 10.1. The molecule has 0 unspecified atom stereocenters. The van der Waals surface area contributed by atoms with E-state index in [1.54, 1.807) is 24.5 Å². The fourth-order valence-corrected chi connectivity index (χ4v) is 1.26. The summed E-state index contributed by atoms with van der Waals surface area (Å²) in [7, 11) is 0. The molecule has 2 rings (SSSR count). The molecular weight excluding hydrogens is 204 g/mol. The first kappa shape index (κ1) is 10.6. The molecule has 0 amide bonds. The molecule has 4 nitrogen and oxygen atoms in total. The van der Waals surface area contributed by atoms with E-state index in [1.807, 2.05) is 19.1 Å². The van der Waals surface area contributed by atoms with Crippen LogP contribution in [0.4, 0.5) is 0 Å². The lowest BCUT2D eigenvalue weighted by Gasteiger charge is -2.05. The fraction of sp³-hybridized carbons (Fsp3) is 0.167. The van der Waals surface area contributed by atoms with E-state index < -0.39 is 0 Å². The Balaban J connectivity index is 2.16. The van der Waals surface area contributed by atoms with Crippen molar-refractivity contribution in [3.63, 3.8) is 0 Å². The predicted octanol–water partition coefficient (Wildman–Crippen LogP) is 2.07. The van der Waals surface area contributed by atoms with Crippen LogP contribution in [0.3, 0.4) is 0 Å². The van der Waals surface area contributed by atoms with Gasteiger partial charge in [0.05, 0.1) is 24.7 Å². The molecule has 0 saturated heterocycles. The van der Waals surface area contributed by atoms with Crippen LogP contribution in [-0.2, 0) is 6.61 Å². The summed E-state index contributed by atoms with van der Waals surface area (Å²) in [5.74, 6) is 1.09. The summed E-state index contributed by atoms with van der Waals surface area (Å²) >= 11 is 0.